The number of carbonyl (C=O) groups is 1. The van der Waals surface area contributed by atoms with Gasteiger partial charge in [-0.15, -0.1) is 0 Å². The molecule has 0 radical (unpaired) electrons. The molecule has 0 aliphatic carbocycles. The minimum Gasteiger partial charge on any atom is -0.490 e. The quantitative estimate of drug-likeness (QED) is 0.270. The van der Waals surface area contributed by atoms with Crippen molar-refractivity contribution in [3.05, 3.63) is 101 Å². The van der Waals surface area contributed by atoms with Crippen LogP contribution in [0.25, 0.3) is 10.9 Å². The highest BCUT2D eigenvalue weighted by molar-refractivity contribution is 6.31. The van der Waals surface area contributed by atoms with Gasteiger partial charge in [0.05, 0.1) is 0 Å². The summed E-state index contributed by atoms with van der Waals surface area (Å²) in [5, 5.41) is 1.75. The van der Waals surface area contributed by atoms with Gasteiger partial charge in [-0.05, 0) is 72.1 Å². The van der Waals surface area contributed by atoms with Crippen molar-refractivity contribution >= 4 is 34.3 Å². The van der Waals surface area contributed by atoms with E-state index in [1.165, 1.54) is 0 Å². The maximum atomic E-state index is 13.3. The number of fused-ring (bicyclic) bond motifs is 3. The minimum atomic E-state index is -0.427. The number of nitrogens with two attached hydrogens (primary N) is 1. The van der Waals surface area contributed by atoms with Gasteiger partial charge < -0.3 is 20.2 Å². The Morgan fingerprint density at radius 3 is 2.59 bits per heavy atom. The Labute approximate surface area is 202 Å². The van der Waals surface area contributed by atoms with Gasteiger partial charge in [0.1, 0.15) is 24.1 Å². The van der Waals surface area contributed by atoms with Gasteiger partial charge in [-0.1, -0.05) is 36.4 Å². The van der Waals surface area contributed by atoms with E-state index in [1.807, 2.05) is 42.5 Å². The second kappa shape index (κ2) is 9.15. The van der Waals surface area contributed by atoms with Crippen LogP contribution in [0.2, 0.25) is 5.02 Å². The lowest BCUT2D eigenvalue weighted by atomic mass is 9.92. The van der Waals surface area contributed by atoms with Crippen LogP contribution in [0.1, 0.15) is 22.9 Å². The van der Waals surface area contributed by atoms with Gasteiger partial charge in [0.2, 0.25) is 0 Å². The first-order valence-corrected chi connectivity index (χ1v) is 11.4. The third-order valence-corrected chi connectivity index (χ3v) is 6.21. The van der Waals surface area contributed by atoms with Gasteiger partial charge in [-0.3, -0.25) is 4.90 Å². The van der Waals surface area contributed by atoms with Crippen LogP contribution in [-0.4, -0.2) is 29.1 Å². The molecule has 3 aromatic carbocycles. The highest BCUT2D eigenvalue weighted by Gasteiger charge is 2.35. The SMILES string of the molecule is C=CCOc1ccc([C@H]2c3[nH]c4ccc(Cl)cc4c3CCN2C(=O)Oc2ccc(N)cc2)cc1. The number of ether oxygens (including phenoxy) is 2. The Kier molecular flexibility index (Phi) is 5.90. The highest BCUT2D eigenvalue weighted by Crippen LogP contribution is 2.40. The molecule has 5 rings (SSSR count). The molecule has 3 N–H and O–H groups in total. The molecule has 0 fully saturated rings. The van der Waals surface area contributed by atoms with E-state index in [2.05, 4.69) is 11.6 Å². The molecule has 1 amide bonds. The molecular weight excluding hydrogens is 450 g/mol. The normalized spacial score (nSPS) is 15.1. The predicted octanol–water partition coefficient (Wildman–Crippen LogP) is 6.11. The summed E-state index contributed by atoms with van der Waals surface area (Å²) in [5.74, 6) is 1.18. The largest absolute Gasteiger partial charge is 0.490 e. The number of hydrogen-bond acceptors (Lipinski definition) is 4. The van der Waals surface area contributed by atoms with Crippen LogP contribution in [0.5, 0.6) is 11.5 Å². The molecule has 34 heavy (non-hydrogen) atoms. The molecule has 7 heteroatoms. The van der Waals surface area contributed by atoms with E-state index in [0.29, 0.717) is 36.0 Å². The fraction of sp³-hybridized carbons (Fsp3) is 0.148. The van der Waals surface area contributed by atoms with Crippen LogP contribution in [-0.2, 0) is 6.42 Å². The summed E-state index contributed by atoms with van der Waals surface area (Å²) in [6, 6.07) is 20.0. The lowest BCUT2D eigenvalue weighted by molar-refractivity contribution is 0.135. The molecule has 0 saturated carbocycles. The molecule has 0 bridgehead atoms. The van der Waals surface area contributed by atoms with Gasteiger partial charge in [0.15, 0.2) is 0 Å². The van der Waals surface area contributed by atoms with E-state index in [1.54, 1.807) is 35.2 Å². The maximum absolute atomic E-state index is 13.3. The van der Waals surface area contributed by atoms with Crippen molar-refractivity contribution in [3.8, 4) is 11.5 Å². The Balaban J connectivity index is 1.54. The zero-order chi connectivity index (χ0) is 23.7. The zero-order valence-corrected chi connectivity index (χ0v) is 19.2. The van der Waals surface area contributed by atoms with Gasteiger partial charge in [0, 0.05) is 33.9 Å². The van der Waals surface area contributed by atoms with Crippen molar-refractivity contribution in [1.82, 2.24) is 9.88 Å². The summed E-state index contributed by atoms with van der Waals surface area (Å²) in [6.45, 7) is 4.61. The van der Waals surface area contributed by atoms with Crippen molar-refractivity contribution in [2.45, 2.75) is 12.5 Å². The molecule has 1 atom stereocenters. The highest BCUT2D eigenvalue weighted by atomic mass is 35.5. The number of amides is 1. The average molecular weight is 474 g/mol. The number of hydrogen-bond donors (Lipinski definition) is 2. The molecule has 4 aromatic rings. The molecule has 0 spiro atoms. The van der Waals surface area contributed by atoms with Gasteiger partial charge in [-0.25, -0.2) is 4.79 Å². The standard InChI is InChI=1S/C27H24ClN3O3/c1-2-15-33-20-8-3-17(4-9-20)26-25-22(23-16-18(28)5-12-24(23)30-25)13-14-31(26)27(32)34-21-10-6-19(29)7-11-21/h2-12,16,26,30H,1,13-15,29H2/t26-/m0/s1. The summed E-state index contributed by atoms with van der Waals surface area (Å²) in [7, 11) is 0. The Morgan fingerprint density at radius 2 is 1.85 bits per heavy atom. The van der Waals surface area contributed by atoms with Crippen molar-refractivity contribution in [1.29, 1.82) is 0 Å². The van der Waals surface area contributed by atoms with Gasteiger partial charge in [-0.2, -0.15) is 0 Å². The van der Waals surface area contributed by atoms with E-state index in [4.69, 9.17) is 26.8 Å². The Hall–Kier alpha value is -3.90. The predicted molar refractivity (Wildman–Crippen MR) is 135 cm³/mol. The molecular formula is C27H24ClN3O3. The molecule has 0 unspecified atom stereocenters. The van der Waals surface area contributed by atoms with Crippen molar-refractivity contribution in [3.63, 3.8) is 0 Å². The van der Waals surface area contributed by atoms with Crippen molar-refractivity contribution in [2.24, 2.45) is 0 Å². The first-order chi connectivity index (χ1) is 16.5. The van der Waals surface area contributed by atoms with E-state index in [0.717, 1.165) is 33.5 Å². The number of aromatic nitrogens is 1. The van der Waals surface area contributed by atoms with Crippen LogP contribution in [0.4, 0.5) is 10.5 Å². The fourth-order valence-electron chi connectivity index (χ4n) is 4.40. The maximum Gasteiger partial charge on any atom is 0.416 e. The monoisotopic (exact) mass is 473 g/mol. The summed E-state index contributed by atoms with van der Waals surface area (Å²) < 4.78 is 11.3. The molecule has 1 aliphatic heterocycles. The van der Waals surface area contributed by atoms with Crippen LogP contribution in [0.15, 0.2) is 79.4 Å². The number of aromatic amines is 1. The summed E-state index contributed by atoms with van der Waals surface area (Å²) in [6.07, 6.45) is 1.96. The number of halogens is 1. The molecule has 2 heterocycles. The molecule has 172 valence electrons. The summed E-state index contributed by atoms with van der Waals surface area (Å²) >= 11 is 6.28. The van der Waals surface area contributed by atoms with E-state index in [9.17, 15) is 4.79 Å². The third-order valence-electron chi connectivity index (χ3n) is 5.97. The van der Waals surface area contributed by atoms with E-state index < -0.39 is 6.09 Å². The number of rotatable bonds is 5. The molecule has 1 aliphatic rings. The molecule has 0 saturated heterocycles. The lowest BCUT2D eigenvalue weighted by Crippen LogP contribution is -2.42. The fourth-order valence-corrected chi connectivity index (χ4v) is 4.57. The Morgan fingerprint density at radius 1 is 1.12 bits per heavy atom. The van der Waals surface area contributed by atoms with Crippen molar-refractivity contribution in [2.75, 3.05) is 18.9 Å². The number of anilines is 1. The van der Waals surface area contributed by atoms with Crippen LogP contribution < -0.4 is 15.2 Å². The first-order valence-electron chi connectivity index (χ1n) is 11.0. The lowest BCUT2D eigenvalue weighted by Gasteiger charge is -2.35. The molecule has 6 nitrogen and oxygen atoms in total. The smallest absolute Gasteiger partial charge is 0.416 e. The average Bonchev–Trinajstić information content (AvgIpc) is 3.21. The summed E-state index contributed by atoms with van der Waals surface area (Å²) in [5.41, 5.74) is 10.4. The van der Waals surface area contributed by atoms with E-state index in [-0.39, 0.29) is 6.04 Å². The number of nitrogen functional groups attached to an aromatic ring is 1. The minimum absolute atomic E-state index is 0.357. The second-order valence-electron chi connectivity index (χ2n) is 8.16. The van der Waals surface area contributed by atoms with Gasteiger partial charge in [0.25, 0.3) is 0 Å². The van der Waals surface area contributed by atoms with Crippen LogP contribution in [0.3, 0.4) is 0 Å². The zero-order valence-electron chi connectivity index (χ0n) is 18.5. The number of benzene rings is 3. The number of nitrogens with zero attached hydrogens (tertiary/aromatic N) is 1. The second-order valence-corrected chi connectivity index (χ2v) is 8.60. The topological polar surface area (TPSA) is 80.6 Å². The number of nitrogens with one attached hydrogen (secondary N) is 1. The van der Waals surface area contributed by atoms with Crippen molar-refractivity contribution < 1.29 is 14.3 Å². The van der Waals surface area contributed by atoms with Gasteiger partial charge >= 0.3 is 6.09 Å². The number of H-pyrrole nitrogens is 1. The van der Waals surface area contributed by atoms with Crippen LogP contribution in [0, 0.1) is 0 Å². The third kappa shape index (κ3) is 4.20. The van der Waals surface area contributed by atoms with E-state index >= 15 is 0 Å². The first kappa shape index (κ1) is 21.9. The molecule has 1 aromatic heterocycles. The Bertz CT molecular complexity index is 1350. The summed E-state index contributed by atoms with van der Waals surface area (Å²) in [4.78, 5) is 18.6. The number of carbonyl (C=O) groups excluding carboxylic acids is 1. The van der Waals surface area contributed by atoms with Crippen LogP contribution >= 0.6 is 11.6 Å².